The Morgan fingerprint density at radius 2 is 1.81 bits per heavy atom. The van der Waals surface area contributed by atoms with Crippen LogP contribution in [0, 0.1) is 11.7 Å². The van der Waals surface area contributed by atoms with E-state index in [1.54, 1.807) is 18.2 Å². The maximum absolute atomic E-state index is 13.9. The van der Waals surface area contributed by atoms with E-state index in [1.165, 1.54) is 6.07 Å². The van der Waals surface area contributed by atoms with Crippen LogP contribution in [0.2, 0.25) is 0 Å². The van der Waals surface area contributed by atoms with Gasteiger partial charge in [-0.05, 0) is 31.4 Å². The lowest BCUT2D eigenvalue weighted by molar-refractivity contribution is -0.184. The second kappa shape index (κ2) is 8.46. The van der Waals surface area contributed by atoms with Crippen LogP contribution in [-0.2, 0) is 4.79 Å². The molecule has 1 aromatic rings. The zero-order chi connectivity index (χ0) is 19.4. The van der Waals surface area contributed by atoms with Crippen LogP contribution in [0.5, 0.6) is 0 Å². The van der Waals surface area contributed by atoms with Gasteiger partial charge in [-0.15, -0.1) is 0 Å². The number of nitrogens with one attached hydrogen (secondary N) is 1. The first-order valence-electron chi connectivity index (χ1n) is 9.41. The molecular weight excluding hydrogens is 362 g/mol. The van der Waals surface area contributed by atoms with Gasteiger partial charge in [0.1, 0.15) is 5.82 Å². The molecular formula is C19H25F4N3O. The molecule has 4 nitrogen and oxygen atoms in total. The van der Waals surface area contributed by atoms with E-state index in [2.05, 4.69) is 5.32 Å². The molecule has 0 radical (unpaired) electrons. The largest absolute Gasteiger partial charge is 0.391 e. The standard InChI is InChI=1S/C19H25F4N3O/c20-16-6-1-2-7-17(16)26-10-8-25(9-11-26)13-18(27)24-15-5-3-4-14(12-15)19(21,22)23/h1-2,6-7,14-15H,3-5,8-13H2,(H,24,27). The van der Waals surface area contributed by atoms with Crippen LogP contribution in [0.4, 0.5) is 23.2 Å². The maximum atomic E-state index is 13.9. The predicted molar refractivity (Wildman–Crippen MR) is 95.0 cm³/mol. The Kier molecular flexibility index (Phi) is 6.24. The Morgan fingerprint density at radius 3 is 2.48 bits per heavy atom. The Hall–Kier alpha value is -1.83. The highest BCUT2D eigenvalue weighted by atomic mass is 19.4. The van der Waals surface area contributed by atoms with E-state index in [-0.39, 0.29) is 31.1 Å². The smallest absolute Gasteiger partial charge is 0.367 e. The number of anilines is 1. The van der Waals surface area contributed by atoms with E-state index in [0.29, 0.717) is 44.7 Å². The molecule has 0 spiro atoms. The molecule has 1 aliphatic carbocycles. The molecule has 1 saturated carbocycles. The summed E-state index contributed by atoms with van der Waals surface area (Å²) in [6, 6.07) is 6.19. The first-order chi connectivity index (χ1) is 12.8. The maximum Gasteiger partial charge on any atom is 0.391 e. The summed E-state index contributed by atoms with van der Waals surface area (Å²) in [7, 11) is 0. The number of hydrogen-bond donors (Lipinski definition) is 1. The van der Waals surface area contributed by atoms with Crippen LogP contribution < -0.4 is 10.2 Å². The number of nitrogens with zero attached hydrogens (tertiary/aromatic N) is 2. The van der Waals surface area contributed by atoms with Gasteiger partial charge in [-0.2, -0.15) is 13.2 Å². The summed E-state index contributed by atoms with van der Waals surface area (Å²) in [5, 5.41) is 2.77. The molecule has 1 amide bonds. The fourth-order valence-corrected chi connectivity index (χ4v) is 3.95. The van der Waals surface area contributed by atoms with Crippen LogP contribution in [0.25, 0.3) is 0 Å². The molecule has 1 aliphatic heterocycles. The van der Waals surface area contributed by atoms with E-state index < -0.39 is 18.1 Å². The lowest BCUT2D eigenvalue weighted by Gasteiger charge is -2.36. The van der Waals surface area contributed by atoms with E-state index in [1.807, 2.05) is 9.80 Å². The van der Waals surface area contributed by atoms with E-state index in [4.69, 9.17) is 0 Å². The summed E-state index contributed by atoms with van der Waals surface area (Å²) < 4.78 is 52.5. The van der Waals surface area contributed by atoms with Gasteiger partial charge in [0.25, 0.3) is 0 Å². The number of rotatable bonds is 4. The van der Waals surface area contributed by atoms with Crippen molar-refractivity contribution < 1.29 is 22.4 Å². The quantitative estimate of drug-likeness (QED) is 0.806. The number of amides is 1. The number of alkyl halides is 3. The van der Waals surface area contributed by atoms with Gasteiger partial charge in [0, 0.05) is 32.2 Å². The molecule has 1 N–H and O–H groups in total. The van der Waals surface area contributed by atoms with Crippen molar-refractivity contribution in [2.45, 2.75) is 37.9 Å². The van der Waals surface area contributed by atoms with Crippen molar-refractivity contribution in [1.82, 2.24) is 10.2 Å². The molecule has 2 aliphatic rings. The first kappa shape index (κ1) is 19.9. The zero-order valence-corrected chi connectivity index (χ0v) is 15.1. The Balaban J connectivity index is 1.44. The van der Waals surface area contributed by atoms with Gasteiger partial charge in [-0.25, -0.2) is 4.39 Å². The highest BCUT2D eigenvalue weighted by molar-refractivity contribution is 5.78. The number of halogens is 4. The fourth-order valence-electron chi connectivity index (χ4n) is 3.95. The predicted octanol–water partition coefficient (Wildman–Crippen LogP) is 3.19. The normalized spacial score (nSPS) is 24.7. The van der Waals surface area contributed by atoms with E-state index >= 15 is 0 Å². The van der Waals surface area contributed by atoms with Crippen molar-refractivity contribution in [2.24, 2.45) is 5.92 Å². The molecule has 0 aromatic heterocycles. The van der Waals surface area contributed by atoms with Crippen LogP contribution in [0.3, 0.4) is 0 Å². The van der Waals surface area contributed by atoms with Gasteiger partial charge in [0.2, 0.25) is 5.91 Å². The van der Waals surface area contributed by atoms with Crippen molar-refractivity contribution in [2.75, 3.05) is 37.6 Å². The minimum absolute atomic E-state index is 0.0314. The highest BCUT2D eigenvalue weighted by Gasteiger charge is 2.42. The van der Waals surface area contributed by atoms with Crippen molar-refractivity contribution in [3.05, 3.63) is 30.1 Å². The fraction of sp³-hybridized carbons (Fsp3) is 0.632. The molecule has 2 atom stereocenters. The molecule has 1 saturated heterocycles. The lowest BCUT2D eigenvalue weighted by Crippen LogP contribution is -2.51. The second-order valence-electron chi connectivity index (χ2n) is 7.38. The number of carbonyl (C=O) groups is 1. The Labute approximate surface area is 156 Å². The molecule has 2 fully saturated rings. The van der Waals surface area contributed by atoms with E-state index in [0.717, 1.165) is 0 Å². The van der Waals surface area contributed by atoms with Gasteiger partial charge in [0.05, 0.1) is 18.2 Å². The molecule has 27 heavy (non-hydrogen) atoms. The van der Waals surface area contributed by atoms with Crippen LogP contribution in [0.1, 0.15) is 25.7 Å². The number of carbonyl (C=O) groups excluding carboxylic acids is 1. The third-order valence-electron chi connectivity index (χ3n) is 5.43. The van der Waals surface area contributed by atoms with Crippen molar-refractivity contribution in [3.63, 3.8) is 0 Å². The molecule has 8 heteroatoms. The third kappa shape index (κ3) is 5.34. The summed E-state index contributed by atoms with van der Waals surface area (Å²) >= 11 is 0. The third-order valence-corrected chi connectivity index (χ3v) is 5.43. The average molecular weight is 387 g/mol. The molecule has 3 rings (SSSR count). The number of benzene rings is 1. The van der Waals surface area contributed by atoms with Crippen LogP contribution in [0.15, 0.2) is 24.3 Å². The van der Waals surface area contributed by atoms with Crippen molar-refractivity contribution in [3.8, 4) is 0 Å². The number of piperazine rings is 1. The molecule has 2 unspecified atom stereocenters. The minimum atomic E-state index is -4.19. The monoisotopic (exact) mass is 387 g/mol. The van der Waals surface area contributed by atoms with Crippen LogP contribution in [-0.4, -0.2) is 55.7 Å². The van der Waals surface area contributed by atoms with Crippen molar-refractivity contribution >= 4 is 11.6 Å². The highest BCUT2D eigenvalue weighted by Crippen LogP contribution is 2.37. The van der Waals surface area contributed by atoms with Gasteiger partial charge in [-0.3, -0.25) is 9.69 Å². The number of hydrogen-bond acceptors (Lipinski definition) is 3. The van der Waals surface area contributed by atoms with Gasteiger partial charge in [0.15, 0.2) is 0 Å². The first-order valence-corrected chi connectivity index (χ1v) is 9.41. The van der Waals surface area contributed by atoms with Crippen molar-refractivity contribution in [1.29, 1.82) is 0 Å². The van der Waals surface area contributed by atoms with Gasteiger partial charge in [-0.1, -0.05) is 18.6 Å². The molecule has 0 bridgehead atoms. The second-order valence-corrected chi connectivity index (χ2v) is 7.38. The average Bonchev–Trinajstić information content (AvgIpc) is 2.62. The van der Waals surface area contributed by atoms with Crippen LogP contribution >= 0.6 is 0 Å². The zero-order valence-electron chi connectivity index (χ0n) is 15.1. The molecule has 150 valence electrons. The van der Waals surface area contributed by atoms with Gasteiger partial charge < -0.3 is 10.2 Å². The minimum Gasteiger partial charge on any atom is -0.367 e. The SMILES string of the molecule is O=C(CN1CCN(c2ccccc2F)CC1)NC1CCCC(C(F)(F)F)C1. The summed E-state index contributed by atoms with van der Waals surface area (Å²) in [5.74, 6) is -1.82. The summed E-state index contributed by atoms with van der Waals surface area (Å²) in [5.41, 5.74) is 0.557. The Morgan fingerprint density at radius 1 is 1.11 bits per heavy atom. The number of para-hydroxylation sites is 1. The summed E-state index contributed by atoms with van der Waals surface area (Å²) in [6.07, 6.45) is -2.99. The molecule has 1 aromatic carbocycles. The Bertz CT molecular complexity index is 644. The lowest BCUT2D eigenvalue weighted by atomic mass is 9.85. The van der Waals surface area contributed by atoms with Gasteiger partial charge >= 0.3 is 6.18 Å². The molecule has 1 heterocycles. The topological polar surface area (TPSA) is 35.6 Å². The summed E-state index contributed by atoms with van der Waals surface area (Å²) in [4.78, 5) is 16.1. The summed E-state index contributed by atoms with van der Waals surface area (Å²) in [6.45, 7) is 2.59. The van der Waals surface area contributed by atoms with E-state index in [9.17, 15) is 22.4 Å².